The average molecular weight is 448 g/mol. The highest BCUT2D eigenvalue weighted by Gasteiger charge is 2.35. The lowest BCUT2D eigenvalue weighted by molar-refractivity contribution is -0.137. The van der Waals surface area contributed by atoms with Crippen LogP contribution in [0.15, 0.2) is 53.4 Å². The zero-order valence-electron chi connectivity index (χ0n) is 15.4. The highest BCUT2D eigenvalue weighted by molar-refractivity contribution is 7.92. The molecule has 2 aromatic carbocycles. The van der Waals surface area contributed by atoms with Crippen LogP contribution in [0.2, 0.25) is 0 Å². The zero-order valence-corrected chi connectivity index (χ0v) is 16.2. The summed E-state index contributed by atoms with van der Waals surface area (Å²) in [4.78, 5) is 13.2. The standard InChI is InChI=1S/C19H17F5N2O3S/c20-17(21)11-26(15-6-7-15)18(27)12-4-8-16(9-5-12)30(28,29)25-14-3-1-2-13(10-14)19(22,23)24/h1-5,8-10,15,17,25H,6-7,11H2. The van der Waals surface area contributed by atoms with E-state index in [9.17, 15) is 35.2 Å². The lowest BCUT2D eigenvalue weighted by Crippen LogP contribution is -2.36. The molecule has 0 heterocycles. The van der Waals surface area contributed by atoms with Crippen molar-refractivity contribution in [3.8, 4) is 0 Å². The van der Waals surface area contributed by atoms with Gasteiger partial charge in [0.2, 0.25) is 0 Å². The van der Waals surface area contributed by atoms with Crippen molar-refractivity contribution < 1.29 is 35.2 Å². The third kappa shape index (κ3) is 5.26. The molecule has 1 aliphatic carbocycles. The number of nitrogens with one attached hydrogen (secondary N) is 1. The van der Waals surface area contributed by atoms with Gasteiger partial charge in [-0.1, -0.05) is 6.07 Å². The normalized spacial score (nSPS) is 14.6. The summed E-state index contributed by atoms with van der Waals surface area (Å²) in [5.74, 6) is -0.632. The number of hydrogen-bond acceptors (Lipinski definition) is 3. The van der Waals surface area contributed by atoms with Crippen LogP contribution in [0.5, 0.6) is 0 Å². The molecule has 30 heavy (non-hydrogen) atoms. The quantitative estimate of drug-likeness (QED) is 0.640. The van der Waals surface area contributed by atoms with Crippen LogP contribution in [0.1, 0.15) is 28.8 Å². The molecule has 162 valence electrons. The molecule has 0 atom stereocenters. The predicted molar refractivity (Wildman–Crippen MR) is 98.8 cm³/mol. The van der Waals surface area contributed by atoms with Gasteiger partial charge in [0.25, 0.3) is 22.4 Å². The molecule has 1 saturated carbocycles. The maximum atomic E-state index is 12.8. The highest BCUT2D eigenvalue weighted by Crippen LogP contribution is 2.31. The minimum Gasteiger partial charge on any atom is -0.330 e. The fraction of sp³-hybridized carbons (Fsp3) is 0.316. The largest absolute Gasteiger partial charge is 0.416 e. The van der Waals surface area contributed by atoms with Crippen molar-refractivity contribution in [2.45, 2.75) is 36.4 Å². The summed E-state index contributed by atoms with van der Waals surface area (Å²) >= 11 is 0. The number of rotatable bonds is 7. The second-order valence-corrected chi connectivity index (χ2v) is 8.47. The summed E-state index contributed by atoms with van der Waals surface area (Å²) in [6.45, 7) is -0.708. The number of anilines is 1. The fourth-order valence-electron chi connectivity index (χ4n) is 2.85. The van der Waals surface area contributed by atoms with E-state index in [1.807, 2.05) is 0 Å². The monoisotopic (exact) mass is 448 g/mol. The SMILES string of the molecule is O=C(c1ccc(S(=O)(=O)Nc2cccc(C(F)(F)F)c2)cc1)N(CC(F)F)C1CC1. The van der Waals surface area contributed by atoms with Crippen molar-refractivity contribution in [3.05, 3.63) is 59.7 Å². The second-order valence-electron chi connectivity index (χ2n) is 6.79. The van der Waals surface area contributed by atoms with Gasteiger partial charge in [0.05, 0.1) is 17.0 Å². The van der Waals surface area contributed by atoms with Gasteiger partial charge in [-0.25, -0.2) is 17.2 Å². The van der Waals surface area contributed by atoms with E-state index >= 15 is 0 Å². The van der Waals surface area contributed by atoms with Crippen molar-refractivity contribution in [3.63, 3.8) is 0 Å². The Morgan fingerprint density at radius 3 is 2.27 bits per heavy atom. The smallest absolute Gasteiger partial charge is 0.330 e. The van der Waals surface area contributed by atoms with E-state index in [1.54, 1.807) is 0 Å². The van der Waals surface area contributed by atoms with Gasteiger partial charge < -0.3 is 4.90 Å². The van der Waals surface area contributed by atoms with Crippen molar-refractivity contribution in [1.29, 1.82) is 0 Å². The van der Waals surface area contributed by atoms with Gasteiger partial charge >= 0.3 is 6.18 Å². The molecular formula is C19H17F5N2O3S. The van der Waals surface area contributed by atoms with E-state index in [-0.39, 0.29) is 22.2 Å². The third-order valence-corrected chi connectivity index (χ3v) is 5.83. The van der Waals surface area contributed by atoms with Crippen molar-refractivity contribution in [2.24, 2.45) is 0 Å². The first-order chi connectivity index (χ1) is 14.0. The molecule has 0 unspecified atom stereocenters. The number of benzene rings is 2. The van der Waals surface area contributed by atoms with Gasteiger partial charge in [-0.15, -0.1) is 0 Å². The van der Waals surface area contributed by atoms with Gasteiger partial charge in [-0.3, -0.25) is 9.52 Å². The Bertz CT molecular complexity index is 1020. The maximum absolute atomic E-state index is 12.8. The first-order valence-corrected chi connectivity index (χ1v) is 10.3. The van der Waals surface area contributed by atoms with Crippen LogP contribution in [0, 0.1) is 0 Å². The number of alkyl halides is 5. The van der Waals surface area contributed by atoms with Crippen LogP contribution >= 0.6 is 0 Å². The van der Waals surface area contributed by atoms with E-state index < -0.39 is 40.6 Å². The topological polar surface area (TPSA) is 66.5 Å². The van der Waals surface area contributed by atoms with Crippen LogP contribution in [-0.4, -0.2) is 38.2 Å². The van der Waals surface area contributed by atoms with Gasteiger partial charge in [0.15, 0.2) is 0 Å². The van der Waals surface area contributed by atoms with Gasteiger partial charge in [0.1, 0.15) is 0 Å². The second kappa shape index (κ2) is 8.21. The molecule has 0 radical (unpaired) electrons. The minimum absolute atomic E-state index is 0.0422. The Balaban J connectivity index is 1.77. The Morgan fingerprint density at radius 2 is 1.73 bits per heavy atom. The minimum atomic E-state index is -4.63. The Morgan fingerprint density at radius 1 is 1.10 bits per heavy atom. The summed E-state index contributed by atoms with van der Waals surface area (Å²) < 4.78 is 90.8. The molecule has 0 aromatic heterocycles. The predicted octanol–water partition coefficient (Wildman–Crippen LogP) is 4.38. The summed E-state index contributed by atoms with van der Waals surface area (Å²) in [6.07, 6.45) is -6.06. The fourth-order valence-corrected chi connectivity index (χ4v) is 3.90. The number of amides is 1. The van der Waals surface area contributed by atoms with Crippen LogP contribution in [0.3, 0.4) is 0 Å². The Hall–Kier alpha value is -2.69. The van der Waals surface area contributed by atoms with E-state index in [2.05, 4.69) is 4.72 Å². The number of hydrogen-bond donors (Lipinski definition) is 1. The molecule has 0 saturated heterocycles. The Labute approximate surface area is 169 Å². The average Bonchev–Trinajstić information content (AvgIpc) is 3.50. The third-order valence-electron chi connectivity index (χ3n) is 4.44. The van der Waals surface area contributed by atoms with Crippen LogP contribution in [0.4, 0.5) is 27.6 Å². The van der Waals surface area contributed by atoms with Crippen molar-refractivity contribution in [1.82, 2.24) is 4.90 Å². The molecule has 5 nitrogen and oxygen atoms in total. The lowest BCUT2D eigenvalue weighted by Gasteiger charge is -2.22. The summed E-state index contributed by atoms with van der Waals surface area (Å²) in [5.41, 5.74) is -1.25. The molecule has 1 fully saturated rings. The molecule has 3 rings (SSSR count). The number of carbonyl (C=O) groups excluding carboxylic acids is 1. The summed E-state index contributed by atoms with van der Waals surface area (Å²) in [6, 6.07) is 8.01. The Kier molecular flexibility index (Phi) is 6.02. The maximum Gasteiger partial charge on any atom is 0.416 e. The van der Waals surface area contributed by atoms with Gasteiger partial charge in [0, 0.05) is 17.3 Å². The first-order valence-electron chi connectivity index (χ1n) is 8.86. The van der Waals surface area contributed by atoms with E-state index in [1.165, 1.54) is 18.2 Å². The molecule has 1 N–H and O–H groups in total. The van der Waals surface area contributed by atoms with Crippen LogP contribution in [0.25, 0.3) is 0 Å². The summed E-state index contributed by atoms with van der Waals surface area (Å²) in [5, 5.41) is 0. The zero-order chi connectivity index (χ0) is 22.1. The molecule has 1 aliphatic rings. The number of sulfonamides is 1. The molecule has 1 amide bonds. The highest BCUT2D eigenvalue weighted by atomic mass is 32.2. The van der Waals surface area contributed by atoms with Crippen LogP contribution < -0.4 is 4.72 Å². The molecule has 0 aliphatic heterocycles. The van der Waals surface area contributed by atoms with E-state index in [4.69, 9.17) is 0 Å². The molecule has 2 aromatic rings. The molecule has 0 bridgehead atoms. The van der Waals surface area contributed by atoms with E-state index in [0.29, 0.717) is 18.9 Å². The van der Waals surface area contributed by atoms with E-state index in [0.717, 1.165) is 29.2 Å². The number of nitrogens with zero attached hydrogens (tertiary/aromatic N) is 1. The van der Waals surface area contributed by atoms with Gasteiger partial charge in [-0.2, -0.15) is 13.2 Å². The van der Waals surface area contributed by atoms with Gasteiger partial charge in [-0.05, 0) is 55.3 Å². The lowest BCUT2D eigenvalue weighted by atomic mass is 10.2. The molecule has 11 heteroatoms. The van der Waals surface area contributed by atoms with Crippen molar-refractivity contribution >= 4 is 21.6 Å². The van der Waals surface area contributed by atoms with Crippen molar-refractivity contribution in [2.75, 3.05) is 11.3 Å². The molecule has 0 spiro atoms. The van der Waals surface area contributed by atoms with Crippen LogP contribution in [-0.2, 0) is 16.2 Å². The number of halogens is 5. The molecular weight excluding hydrogens is 431 g/mol. The number of carbonyl (C=O) groups is 1. The first kappa shape index (κ1) is 22.0. The summed E-state index contributed by atoms with van der Waals surface area (Å²) in [7, 11) is -4.22.